The molecule has 0 fully saturated rings. The molecule has 0 nitrogen and oxygen atoms in total. The van der Waals surface area contributed by atoms with Crippen LogP contribution in [0.1, 0.15) is 0 Å². The Hall–Kier alpha value is -12.0. The lowest BCUT2D eigenvalue weighted by atomic mass is 9.81. The Morgan fingerprint density at radius 2 is 0.418 bits per heavy atom. The van der Waals surface area contributed by atoms with Crippen LogP contribution < -0.4 is 41.5 Å². The molecule has 0 aromatic heterocycles. The van der Waals surface area contributed by atoms with Crippen molar-refractivity contribution in [3.05, 3.63) is 376 Å². The van der Waals surface area contributed by atoms with Gasteiger partial charge in [0.05, 0.1) is 0 Å². The van der Waals surface area contributed by atoms with Crippen molar-refractivity contribution in [2.24, 2.45) is 0 Å². The molecular weight excluding hydrogens is 1210 g/mol. The van der Waals surface area contributed by atoms with Gasteiger partial charge < -0.3 is 0 Å². The van der Waals surface area contributed by atoms with Crippen LogP contribution in [0, 0.1) is 0 Å². The summed E-state index contributed by atoms with van der Waals surface area (Å²) in [6, 6.07) is 145. The van der Waals surface area contributed by atoms with E-state index in [1.165, 1.54) is 184 Å². The van der Waals surface area contributed by atoms with E-state index in [1.807, 2.05) is 0 Å². The highest BCUT2D eigenvalue weighted by Crippen LogP contribution is 2.51. The molecule has 0 saturated heterocycles. The summed E-state index contributed by atoms with van der Waals surface area (Å²) >= 11 is 0. The standard InChI is InChI=1S/C96H62Si2/c1-5-31-69(32-6-1)97(70-33-7-2-8-34-70)91-53-19-17-39-77(91)85-51-25-49-83(95(85)97)75-43-23-47-81-89(75)62-90-76(84-50-26-52-86-78-40-18-20-54-92(78)98(96(84)86,71-35-9-3-10-36-71)72-37-11-4-12-38-72)44-24-48-82(90)94(81)93-79-45-21-41-73(67-57-55-63-27-13-15-29-65(63)59-67)87(79)61-88-74(42-22-46-80(88)93)68-58-56-64-28-14-16-30-66(64)60-68/h1-62H. The van der Waals surface area contributed by atoms with E-state index in [-0.39, 0.29) is 0 Å². The molecule has 2 heterocycles. The van der Waals surface area contributed by atoms with Gasteiger partial charge >= 0.3 is 0 Å². The highest BCUT2D eigenvalue weighted by Gasteiger charge is 2.52. The van der Waals surface area contributed by atoms with Gasteiger partial charge in [0.25, 0.3) is 0 Å². The summed E-state index contributed by atoms with van der Waals surface area (Å²) in [6.07, 6.45) is 0. The summed E-state index contributed by atoms with van der Waals surface area (Å²) in [5.41, 5.74) is 17.6. The van der Waals surface area contributed by atoms with Crippen molar-refractivity contribution in [3.63, 3.8) is 0 Å². The Kier molecular flexibility index (Phi) is 12.8. The number of rotatable bonds is 9. The van der Waals surface area contributed by atoms with Gasteiger partial charge in [-0.2, -0.15) is 0 Å². The largest absolute Gasteiger partial charge is 0.181 e. The van der Waals surface area contributed by atoms with Crippen LogP contribution in [0.4, 0.5) is 0 Å². The molecule has 0 amide bonds. The molecule has 98 heavy (non-hydrogen) atoms. The molecule has 0 atom stereocenters. The Bertz CT molecular complexity index is 5830. The molecule has 2 aliphatic heterocycles. The summed E-state index contributed by atoms with van der Waals surface area (Å²) in [5, 5.41) is 26.0. The Balaban J connectivity index is 0.963. The summed E-state index contributed by atoms with van der Waals surface area (Å²) in [4.78, 5) is 0. The fourth-order valence-corrected chi connectivity index (χ4v) is 28.8. The molecule has 2 heteroatoms. The highest BCUT2D eigenvalue weighted by atomic mass is 28.3. The molecule has 18 aromatic carbocycles. The van der Waals surface area contributed by atoms with Crippen LogP contribution in [0.15, 0.2) is 376 Å². The first kappa shape index (κ1) is 56.3. The molecule has 18 aromatic rings. The minimum absolute atomic E-state index is 1.20. The second-order valence-corrected chi connectivity index (χ2v) is 34.1. The van der Waals surface area contributed by atoms with Crippen molar-refractivity contribution in [1.82, 2.24) is 0 Å². The van der Waals surface area contributed by atoms with Crippen LogP contribution in [0.25, 0.3) is 143 Å². The molecule has 454 valence electrons. The van der Waals surface area contributed by atoms with Crippen LogP contribution in [-0.4, -0.2) is 16.1 Å². The van der Waals surface area contributed by atoms with Crippen LogP contribution in [0.2, 0.25) is 0 Å². The van der Waals surface area contributed by atoms with Gasteiger partial charge in [0.2, 0.25) is 0 Å². The minimum atomic E-state index is -3.04. The fourth-order valence-electron chi connectivity index (χ4n) is 18.0. The van der Waals surface area contributed by atoms with Gasteiger partial charge in [-0.05, 0) is 208 Å². The SMILES string of the molecule is c1ccc([Si]2(c3ccccc3)c3ccccc3-c3cccc(-c4cccc5c(-c6c7cccc(-c8ccc9ccccc9c8)c7cc7c(-c8ccc9ccccc9c8)cccc67)c6cccc(-c7cccc8c7[Si](c7ccccc7)(c7ccccc7)c7ccccc7-8)c6cc45)c32)cc1. The first-order chi connectivity index (χ1) is 48.6. The molecule has 0 unspecified atom stereocenters. The summed E-state index contributed by atoms with van der Waals surface area (Å²) < 4.78 is 0. The monoisotopic (exact) mass is 1270 g/mol. The van der Waals surface area contributed by atoms with Gasteiger partial charge in [-0.3, -0.25) is 0 Å². The predicted octanol–water partition coefficient (Wildman–Crippen LogP) is 19.7. The average Bonchev–Trinajstić information content (AvgIpc) is 1.43. The number of fused-ring (bicyclic) bond motifs is 12. The van der Waals surface area contributed by atoms with E-state index in [2.05, 4.69) is 376 Å². The van der Waals surface area contributed by atoms with Gasteiger partial charge in [0, 0.05) is 0 Å². The van der Waals surface area contributed by atoms with Crippen molar-refractivity contribution >= 4 is 122 Å². The maximum Gasteiger partial charge on any atom is 0.181 e. The second-order valence-electron chi connectivity index (χ2n) is 26.7. The summed E-state index contributed by atoms with van der Waals surface area (Å²) in [6.45, 7) is 0. The van der Waals surface area contributed by atoms with Crippen LogP contribution in [0.3, 0.4) is 0 Å². The zero-order valence-corrected chi connectivity index (χ0v) is 55.8. The van der Waals surface area contributed by atoms with Crippen molar-refractivity contribution in [3.8, 4) is 77.9 Å². The van der Waals surface area contributed by atoms with Gasteiger partial charge in [0.1, 0.15) is 0 Å². The maximum atomic E-state index is 2.62. The van der Waals surface area contributed by atoms with E-state index in [1.54, 1.807) is 0 Å². The topological polar surface area (TPSA) is 0 Å². The lowest BCUT2D eigenvalue weighted by molar-refractivity contribution is 1.65. The third-order valence-electron chi connectivity index (χ3n) is 22.0. The van der Waals surface area contributed by atoms with Crippen molar-refractivity contribution in [1.29, 1.82) is 0 Å². The van der Waals surface area contributed by atoms with Crippen molar-refractivity contribution in [2.75, 3.05) is 0 Å². The number of benzene rings is 18. The third-order valence-corrected chi connectivity index (χ3v) is 31.8. The Labute approximate surface area is 572 Å². The molecule has 2 aliphatic rings. The van der Waals surface area contributed by atoms with Crippen LogP contribution in [0.5, 0.6) is 0 Å². The zero-order valence-electron chi connectivity index (χ0n) is 53.8. The Morgan fingerprint density at radius 1 is 0.153 bits per heavy atom. The molecule has 0 radical (unpaired) electrons. The molecule has 0 N–H and O–H groups in total. The third kappa shape index (κ3) is 8.17. The van der Waals surface area contributed by atoms with Gasteiger partial charge in [-0.25, -0.2) is 0 Å². The molecule has 0 bridgehead atoms. The predicted molar refractivity (Wildman–Crippen MR) is 424 cm³/mol. The molecule has 0 aliphatic carbocycles. The lowest BCUT2D eigenvalue weighted by Crippen LogP contribution is -2.73. The van der Waals surface area contributed by atoms with E-state index in [0.717, 1.165) is 0 Å². The normalized spacial score (nSPS) is 13.3. The second kappa shape index (κ2) is 22.3. The smallest absolute Gasteiger partial charge is 0.0623 e. The van der Waals surface area contributed by atoms with E-state index in [4.69, 9.17) is 0 Å². The first-order valence-electron chi connectivity index (χ1n) is 34.3. The molecular formula is C96H62Si2. The minimum Gasteiger partial charge on any atom is -0.0623 e. The first-order valence-corrected chi connectivity index (χ1v) is 38.3. The van der Waals surface area contributed by atoms with Crippen LogP contribution in [-0.2, 0) is 0 Å². The van der Waals surface area contributed by atoms with Crippen molar-refractivity contribution in [2.45, 2.75) is 0 Å². The fraction of sp³-hybridized carbons (Fsp3) is 0. The van der Waals surface area contributed by atoms with E-state index in [0.29, 0.717) is 0 Å². The Morgan fingerprint density at radius 3 is 0.786 bits per heavy atom. The zero-order chi connectivity index (χ0) is 64.5. The summed E-state index contributed by atoms with van der Waals surface area (Å²) in [5.74, 6) is 0. The quantitative estimate of drug-likeness (QED) is 0.0998. The van der Waals surface area contributed by atoms with Crippen molar-refractivity contribution < 1.29 is 0 Å². The average molecular weight is 1270 g/mol. The van der Waals surface area contributed by atoms with Gasteiger partial charge in [0.15, 0.2) is 16.1 Å². The van der Waals surface area contributed by atoms with E-state index >= 15 is 0 Å². The molecule has 20 rings (SSSR count). The number of hydrogen-bond donors (Lipinski definition) is 0. The van der Waals surface area contributed by atoms with E-state index < -0.39 is 16.1 Å². The molecule has 0 spiro atoms. The lowest BCUT2D eigenvalue weighted by Gasteiger charge is -2.33. The van der Waals surface area contributed by atoms with E-state index in [9.17, 15) is 0 Å². The molecule has 0 saturated carbocycles. The summed E-state index contributed by atoms with van der Waals surface area (Å²) in [7, 11) is -6.08. The van der Waals surface area contributed by atoms with Gasteiger partial charge in [-0.1, -0.05) is 352 Å². The van der Waals surface area contributed by atoms with Gasteiger partial charge in [-0.15, -0.1) is 0 Å². The van der Waals surface area contributed by atoms with Crippen LogP contribution >= 0.6 is 0 Å². The maximum absolute atomic E-state index is 3.04. The number of hydrogen-bond acceptors (Lipinski definition) is 0. The highest BCUT2D eigenvalue weighted by molar-refractivity contribution is 7.23.